The fraction of sp³-hybridized carbons (Fsp3) is 0.600. The summed E-state index contributed by atoms with van der Waals surface area (Å²) in [6.45, 7) is 10.0. The van der Waals surface area contributed by atoms with Crippen LogP contribution in [0.15, 0.2) is 22.7 Å². The number of halogens is 2. The van der Waals surface area contributed by atoms with Crippen LogP contribution in [-0.2, 0) is 5.41 Å². The van der Waals surface area contributed by atoms with Gasteiger partial charge in [-0.15, -0.1) is 0 Å². The maximum atomic E-state index is 6.36. The minimum absolute atomic E-state index is 0.188. The molecule has 0 aliphatic heterocycles. The first-order valence-electron chi connectivity index (χ1n) is 6.43. The summed E-state index contributed by atoms with van der Waals surface area (Å²) in [5, 5.41) is 4.47. The first-order valence-corrected chi connectivity index (χ1v) is 7.60. The Kier molecular flexibility index (Phi) is 3.84. The van der Waals surface area contributed by atoms with Crippen LogP contribution in [0.4, 0.5) is 0 Å². The summed E-state index contributed by atoms with van der Waals surface area (Å²) >= 11 is 9.82. The molecule has 2 unspecified atom stereocenters. The molecule has 0 saturated heterocycles. The maximum absolute atomic E-state index is 6.36. The van der Waals surface area contributed by atoms with Crippen LogP contribution >= 0.6 is 27.5 Å². The SMILES string of the molecule is CC(C)(C)NCC1CC1(C)c1ccc(Br)cc1Cl. The minimum Gasteiger partial charge on any atom is -0.312 e. The molecular weight excluding hydrogens is 310 g/mol. The second kappa shape index (κ2) is 4.81. The van der Waals surface area contributed by atoms with Crippen LogP contribution in [0.25, 0.3) is 0 Å². The molecule has 1 aromatic carbocycles. The molecule has 3 heteroatoms. The predicted molar refractivity (Wildman–Crippen MR) is 82.4 cm³/mol. The molecule has 0 spiro atoms. The summed E-state index contributed by atoms with van der Waals surface area (Å²) < 4.78 is 1.05. The van der Waals surface area contributed by atoms with E-state index in [1.807, 2.05) is 6.07 Å². The molecule has 0 amide bonds. The van der Waals surface area contributed by atoms with Crippen molar-refractivity contribution in [2.24, 2.45) is 5.92 Å². The van der Waals surface area contributed by atoms with Crippen LogP contribution in [0.2, 0.25) is 5.02 Å². The highest BCUT2D eigenvalue weighted by atomic mass is 79.9. The second-order valence-corrected chi connectivity index (χ2v) is 7.90. The van der Waals surface area contributed by atoms with Gasteiger partial charge in [0.15, 0.2) is 0 Å². The normalized spacial score (nSPS) is 27.3. The molecule has 1 nitrogen and oxygen atoms in total. The summed E-state index contributed by atoms with van der Waals surface area (Å²) in [6.07, 6.45) is 1.22. The largest absolute Gasteiger partial charge is 0.312 e. The Bertz CT molecular complexity index is 452. The molecule has 18 heavy (non-hydrogen) atoms. The van der Waals surface area contributed by atoms with Crippen molar-refractivity contribution in [1.29, 1.82) is 0 Å². The summed E-state index contributed by atoms with van der Waals surface area (Å²) in [4.78, 5) is 0. The zero-order valence-electron chi connectivity index (χ0n) is 11.5. The Labute approximate surface area is 123 Å². The lowest BCUT2D eigenvalue weighted by atomic mass is 9.95. The van der Waals surface area contributed by atoms with Gasteiger partial charge in [0.1, 0.15) is 0 Å². The molecular formula is C15H21BrClN. The molecule has 0 bridgehead atoms. The number of hydrogen-bond donors (Lipinski definition) is 1. The van der Waals surface area contributed by atoms with Gasteiger partial charge in [0.25, 0.3) is 0 Å². The Morgan fingerprint density at radius 1 is 1.44 bits per heavy atom. The van der Waals surface area contributed by atoms with E-state index in [4.69, 9.17) is 11.6 Å². The predicted octanol–water partition coefficient (Wildman–Crippen LogP) is 4.77. The Balaban J connectivity index is 2.06. The molecule has 1 N–H and O–H groups in total. The lowest BCUT2D eigenvalue weighted by Gasteiger charge is -2.22. The van der Waals surface area contributed by atoms with Crippen molar-refractivity contribution >= 4 is 27.5 Å². The first-order chi connectivity index (χ1) is 8.22. The highest BCUT2D eigenvalue weighted by Crippen LogP contribution is 2.55. The summed E-state index contributed by atoms with van der Waals surface area (Å²) in [7, 11) is 0. The van der Waals surface area contributed by atoms with E-state index in [9.17, 15) is 0 Å². The van der Waals surface area contributed by atoms with E-state index >= 15 is 0 Å². The highest BCUT2D eigenvalue weighted by molar-refractivity contribution is 9.10. The highest BCUT2D eigenvalue weighted by Gasteiger charge is 2.51. The van der Waals surface area contributed by atoms with E-state index in [1.54, 1.807) is 0 Å². The molecule has 0 heterocycles. The van der Waals surface area contributed by atoms with Crippen molar-refractivity contribution in [1.82, 2.24) is 5.32 Å². The number of nitrogens with one attached hydrogen (secondary N) is 1. The lowest BCUT2D eigenvalue weighted by molar-refractivity contribution is 0.406. The van der Waals surface area contributed by atoms with Crippen LogP contribution in [0.1, 0.15) is 39.7 Å². The quantitative estimate of drug-likeness (QED) is 0.842. The number of benzene rings is 1. The average molecular weight is 331 g/mol. The summed E-state index contributed by atoms with van der Waals surface area (Å²) in [5.41, 5.74) is 1.72. The van der Waals surface area contributed by atoms with Crippen molar-refractivity contribution < 1.29 is 0 Å². The van der Waals surface area contributed by atoms with Gasteiger partial charge in [-0.2, -0.15) is 0 Å². The molecule has 2 rings (SSSR count). The molecule has 0 radical (unpaired) electrons. The van der Waals surface area contributed by atoms with Crippen LogP contribution in [0.3, 0.4) is 0 Å². The smallest absolute Gasteiger partial charge is 0.0454 e. The van der Waals surface area contributed by atoms with Gasteiger partial charge in [-0.1, -0.05) is 40.5 Å². The van der Waals surface area contributed by atoms with Crippen LogP contribution in [-0.4, -0.2) is 12.1 Å². The fourth-order valence-corrected chi connectivity index (χ4v) is 3.35. The van der Waals surface area contributed by atoms with Gasteiger partial charge in [0.05, 0.1) is 0 Å². The zero-order valence-corrected chi connectivity index (χ0v) is 13.8. The van der Waals surface area contributed by atoms with E-state index in [-0.39, 0.29) is 11.0 Å². The van der Waals surface area contributed by atoms with Gasteiger partial charge in [-0.25, -0.2) is 0 Å². The molecule has 1 saturated carbocycles. The monoisotopic (exact) mass is 329 g/mol. The van der Waals surface area contributed by atoms with Gasteiger partial charge in [0, 0.05) is 15.0 Å². The van der Waals surface area contributed by atoms with Gasteiger partial charge in [0.2, 0.25) is 0 Å². The molecule has 1 aromatic rings. The number of rotatable bonds is 3. The average Bonchev–Trinajstić information content (AvgIpc) is 2.86. The third kappa shape index (κ3) is 3.09. The summed E-state index contributed by atoms with van der Waals surface area (Å²) in [6, 6.07) is 6.23. The first kappa shape index (κ1) is 14.4. The van der Waals surface area contributed by atoms with Crippen LogP contribution in [0.5, 0.6) is 0 Å². The number of hydrogen-bond acceptors (Lipinski definition) is 1. The third-order valence-electron chi connectivity index (χ3n) is 3.84. The Morgan fingerprint density at radius 2 is 2.11 bits per heavy atom. The summed E-state index contributed by atoms with van der Waals surface area (Å²) in [5.74, 6) is 0.690. The third-order valence-corrected chi connectivity index (χ3v) is 4.64. The maximum Gasteiger partial charge on any atom is 0.0454 e. The second-order valence-electron chi connectivity index (χ2n) is 6.57. The van der Waals surface area contributed by atoms with Gasteiger partial charge in [-0.05, 0) is 62.8 Å². The van der Waals surface area contributed by atoms with E-state index in [0.29, 0.717) is 5.92 Å². The van der Waals surface area contributed by atoms with Crippen molar-refractivity contribution in [3.63, 3.8) is 0 Å². The van der Waals surface area contributed by atoms with Crippen molar-refractivity contribution in [3.8, 4) is 0 Å². The Morgan fingerprint density at radius 3 is 2.67 bits per heavy atom. The Hall–Kier alpha value is -0.0500. The minimum atomic E-state index is 0.188. The zero-order chi connectivity index (χ0) is 13.6. The topological polar surface area (TPSA) is 12.0 Å². The molecule has 1 aliphatic carbocycles. The van der Waals surface area contributed by atoms with E-state index in [0.717, 1.165) is 16.0 Å². The lowest BCUT2D eigenvalue weighted by Crippen LogP contribution is -2.37. The van der Waals surface area contributed by atoms with Crippen molar-refractivity contribution in [2.75, 3.05) is 6.54 Å². The van der Waals surface area contributed by atoms with Gasteiger partial charge >= 0.3 is 0 Å². The van der Waals surface area contributed by atoms with Crippen molar-refractivity contribution in [3.05, 3.63) is 33.3 Å². The standard InChI is InChI=1S/C15H21BrClN/c1-14(2,3)18-9-10-8-15(10,4)12-6-5-11(16)7-13(12)17/h5-7,10,18H,8-9H2,1-4H3. The van der Waals surface area contributed by atoms with Crippen LogP contribution < -0.4 is 5.32 Å². The van der Waals surface area contributed by atoms with Crippen molar-refractivity contribution in [2.45, 2.75) is 45.1 Å². The van der Waals surface area contributed by atoms with E-state index < -0.39 is 0 Å². The fourth-order valence-electron chi connectivity index (χ4n) is 2.46. The van der Waals surface area contributed by atoms with Gasteiger partial charge in [-0.3, -0.25) is 0 Å². The molecule has 0 aromatic heterocycles. The van der Waals surface area contributed by atoms with Gasteiger partial charge < -0.3 is 5.32 Å². The molecule has 1 aliphatic rings. The van der Waals surface area contributed by atoms with E-state index in [2.05, 4.69) is 61.1 Å². The van der Waals surface area contributed by atoms with E-state index in [1.165, 1.54) is 12.0 Å². The molecule has 2 atom stereocenters. The molecule has 1 fully saturated rings. The van der Waals surface area contributed by atoms with Crippen LogP contribution in [0, 0.1) is 5.92 Å². The molecule has 100 valence electrons.